The number of hydrogen-bond donors (Lipinski definition) is 0. The molecule has 14 rings (SSSR count). The summed E-state index contributed by atoms with van der Waals surface area (Å²) in [6, 6.07) is 102. The molecule has 14 aromatic rings. The van der Waals surface area contributed by atoms with Gasteiger partial charge in [-0.3, -0.25) is 0 Å². The number of para-hydroxylation sites is 2. The van der Waals surface area contributed by atoms with Crippen LogP contribution in [0, 0.1) is 0 Å². The lowest BCUT2D eigenvalue weighted by molar-refractivity contribution is 1.18. The number of benzene rings is 12. The topological polar surface area (TPSA) is 8.17 Å². The van der Waals surface area contributed by atoms with E-state index in [0.29, 0.717) is 0 Å². The van der Waals surface area contributed by atoms with Crippen molar-refractivity contribution >= 4 is 81.1 Å². The zero-order chi connectivity index (χ0) is 48.2. The van der Waals surface area contributed by atoms with E-state index in [1.54, 1.807) is 0 Å². The molecule has 0 amide bonds. The summed E-state index contributed by atoms with van der Waals surface area (Å²) in [5.74, 6) is 0. The number of fused-ring (bicyclic) bond motifs is 7. The van der Waals surface area contributed by atoms with Gasteiger partial charge in [-0.25, -0.2) is 0 Å². The van der Waals surface area contributed by atoms with Crippen LogP contribution < -0.4 is 4.90 Å². The maximum absolute atomic E-state index is 2.38. The fraction of sp³-hybridized carbons (Fsp3) is 0. The van der Waals surface area contributed by atoms with Crippen molar-refractivity contribution in [3.8, 4) is 61.3 Å². The molecule has 12 aromatic carbocycles. The van der Waals surface area contributed by atoms with Gasteiger partial charge in [0, 0.05) is 53.7 Å². The normalized spacial score (nSPS) is 11.6. The molecule has 0 unspecified atom stereocenters. The van der Waals surface area contributed by atoms with Gasteiger partial charge in [0.1, 0.15) is 0 Å². The SMILES string of the molecule is c1cc(-c2ccc(N(c3ccc(-c4ccc(-c5cccc(-n6c7ccccc7c7ccccc76)c5)cc4)cc3)c3ccc(-c4cccc5sc6ccccc6c45)cc3)cc2)cc(-c2ccc3ccccc3c2)c1. The number of hydrogen-bond acceptors (Lipinski definition) is 2. The molecule has 0 aliphatic heterocycles. The second kappa shape index (κ2) is 17.8. The Balaban J connectivity index is 0.789. The van der Waals surface area contributed by atoms with Crippen molar-refractivity contribution in [1.82, 2.24) is 4.57 Å². The van der Waals surface area contributed by atoms with Crippen molar-refractivity contribution in [2.75, 3.05) is 4.90 Å². The van der Waals surface area contributed by atoms with E-state index in [1.807, 2.05) is 11.3 Å². The molecule has 2 aromatic heterocycles. The first-order valence-corrected chi connectivity index (χ1v) is 25.8. The highest BCUT2D eigenvalue weighted by molar-refractivity contribution is 7.25. The molecule has 2 nitrogen and oxygen atoms in total. The Hall–Kier alpha value is -9.28. The minimum absolute atomic E-state index is 1.09. The van der Waals surface area contributed by atoms with Crippen LogP contribution in [0.2, 0.25) is 0 Å². The molecular formula is C70H46N2S. The van der Waals surface area contributed by atoms with Crippen molar-refractivity contribution < 1.29 is 0 Å². The zero-order valence-electron chi connectivity index (χ0n) is 39.9. The number of anilines is 3. The maximum atomic E-state index is 2.38. The van der Waals surface area contributed by atoms with Gasteiger partial charge < -0.3 is 9.47 Å². The third-order valence-electron chi connectivity index (χ3n) is 14.6. The van der Waals surface area contributed by atoms with Crippen LogP contribution in [-0.4, -0.2) is 4.57 Å². The Morgan fingerprint density at radius 1 is 0.274 bits per heavy atom. The number of aromatic nitrogens is 1. The summed E-state index contributed by atoms with van der Waals surface area (Å²) >= 11 is 1.86. The molecule has 0 saturated heterocycles. The lowest BCUT2D eigenvalue weighted by Crippen LogP contribution is -2.09. The summed E-state index contributed by atoms with van der Waals surface area (Å²) in [6.07, 6.45) is 0. The Morgan fingerprint density at radius 3 is 1.36 bits per heavy atom. The van der Waals surface area contributed by atoms with Gasteiger partial charge >= 0.3 is 0 Å². The Labute approximate surface area is 428 Å². The molecule has 0 bridgehead atoms. The average molecular weight is 947 g/mol. The largest absolute Gasteiger partial charge is 0.311 e. The highest BCUT2D eigenvalue weighted by Crippen LogP contribution is 2.43. The first-order chi connectivity index (χ1) is 36.2. The van der Waals surface area contributed by atoms with Gasteiger partial charge in [-0.05, 0) is 151 Å². The predicted molar refractivity (Wildman–Crippen MR) is 313 cm³/mol. The van der Waals surface area contributed by atoms with Gasteiger partial charge in [-0.15, -0.1) is 11.3 Å². The van der Waals surface area contributed by atoms with Crippen molar-refractivity contribution in [3.63, 3.8) is 0 Å². The van der Waals surface area contributed by atoms with Crippen molar-refractivity contribution in [2.45, 2.75) is 0 Å². The summed E-state index contributed by atoms with van der Waals surface area (Å²) < 4.78 is 5.01. The fourth-order valence-electron chi connectivity index (χ4n) is 11.0. The third-order valence-corrected chi connectivity index (χ3v) is 15.7. The Kier molecular flexibility index (Phi) is 10.4. The number of rotatable bonds is 9. The van der Waals surface area contributed by atoms with E-state index in [4.69, 9.17) is 0 Å². The summed E-state index contributed by atoms with van der Waals surface area (Å²) in [4.78, 5) is 2.37. The average Bonchev–Trinajstić information content (AvgIpc) is 4.02. The first-order valence-electron chi connectivity index (χ1n) is 25.0. The highest BCUT2D eigenvalue weighted by Gasteiger charge is 2.17. The van der Waals surface area contributed by atoms with Crippen molar-refractivity contribution in [3.05, 3.63) is 279 Å². The van der Waals surface area contributed by atoms with Crippen LogP contribution in [0.5, 0.6) is 0 Å². The minimum Gasteiger partial charge on any atom is -0.311 e. The van der Waals surface area contributed by atoms with Gasteiger partial charge in [-0.1, -0.05) is 194 Å². The Bertz CT molecular complexity index is 4300. The molecule has 0 aliphatic carbocycles. The van der Waals surface area contributed by atoms with E-state index >= 15 is 0 Å². The first kappa shape index (κ1) is 42.6. The van der Waals surface area contributed by atoms with Crippen LogP contribution in [0.3, 0.4) is 0 Å². The predicted octanol–water partition coefficient (Wildman–Crippen LogP) is 20.1. The molecule has 0 atom stereocenters. The molecule has 3 heteroatoms. The molecule has 73 heavy (non-hydrogen) atoms. The molecule has 0 saturated carbocycles. The summed E-state index contributed by atoms with van der Waals surface area (Å²) in [7, 11) is 0. The summed E-state index contributed by atoms with van der Waals surface area (Å²) in [5.41, 5.74) is 18.8. The molecule has 0 fully saturated rings. The Morgan fingerprint density at radius 2 is 0.712 bits per heavy atom. The van der Waals surface area contributed by atoms with E-state index in [1.165, 1.54) is 108 Å². The number of thiophene rings is 1. The van der Waals surface area contributed by atoms with Gasteiger partial charge in [0.2, 0.25) is 0 Å². The number of nitrogens with zero attached hydrogens (tertiary/aromatic N) is 2. The van der Waals surface area contributed by atoms with E-state index < -0.39 is 0 Å². The molecular weight excluding hydrogens is 901 g/mol. The van der Waals surface area contributed by atoms with Gasteiger partial charge in [0.15, 0.2) is 0 Å². The lowest BCUT2D eigenvalue weighted by atomic mass is 9.97. The molecule has 0 radical (unpaired) electrons. The van der Waals surface area contributed by atoms with Gasteiger partial charge in [-0.2, -0.15) is 0 Å². The third kappa shape index (κ3) is 7.66. The van der Waals surface area contributed by atoms with Crippen LogP contribution in [0.25, 0.3) is 114 Å². The lowest BCUT2D eigenvalue weighted by Gasteiger charge is -2.26. The van der Waals surface area contributed by atoms with Crippen LogP contribution in [0.1, 0.15) is 0 Å². The quantitative estimate of drug-likeness (QED) is 0.140. The zero-order valence-corrected chi connectivity index (χ0v) is 40.7. The van der Waals surface area contributed by atoms with E-state index in [9.17, 15) is 0 Å². The van der Waals surface area contributed by atoms with Crippen LogP contribution in [-0.2, 0) is 0 Å². The molecule has 342 valence electrons. The smallest absolute Gasteiger partial charge is 0.0541 e. The molecule has 0 aliphatic rings. The van der Waals surface area contributed by atoms with E-state index in [0.717, 1.165) is 22.7 Å². The van der Waals surface area contributed by atoms with Crippen LogP contribution >= 0.6 is 11.3 Å². The monoisotopic (exact) mass is 946 g/mol. The molecule has 2 heterocycles. The highest BCUT2D eigenvalue weighted by atomic mass is 32.1. The summed E-state index contributed by atoms with van der Waals surface area (Å²) in [5, 5.41) is 7.67. The standard InChI is InChI=1S/C70H46N2S/c1-2-13-53-45-57(31-30-47(53)12-1)55-15-9-14-54(44-55)51-34-40-59(41-35-51)71(60-42-36-52(37-43-60)62-21-11-25-69-70(62)65-20-5-8-24-68(65)73-69)58-38-32-49(33-39-58)48-26-28-50(29-27-48)56-16-10-17-61(46-56)72-66-22-6-3-18-63(66)64-19-4-7-23-67(64)72/h1-46H. The fourth-order valence-corrected chi connectivity index (χ4v) is 12.1. The van der Waals surface area contributed by atoms with Crippen LogP contribution in [0.4, 0.5) is 17.1 Å². The second-order valence-corrected chi connectivity index (χ2v) is 20.0. The van der Waals surface area contributed by atoms with E-state index in [-0.39, 0.29) is 0 Å². The van der Waals surface area contributed by atoms with Crippen molar-refractivity contribution in [2.24, 2.45) is 0 Å². The molecule has 0 spiro atoms. The van der Waals surface area contributed by atoms with E-state index in [2.05, 4.69) is 289 Å². The summed E-state index contributed by atoms with van der Waals surface area (Å²) in [6.45, 7) is 0. The van der Waals surface area contributed by atoms with Gasteiger partial charge in [0.25, 0.3) is 0 Å². The van der Waals surface area contributed by atoms with Crippen molar-refractivity contribution in [1.29, 1.82) is 0 Å². The molecule has 0 N–H and O–H groups in total. The van der Waals surface area contributed by atoms with Crippen LogP contribution in [0.15, 0.2) is 279 Å². The second-order valence-electron chi connectivity index (χ2n) is 18.9. The van der Waals surface area contributed by atoms with Gasteiger partial charge in [0.05, 0.1) is 11.0 Å². The minimum atomic E-state index is 1.09. The maximum Gasteiger partial charge on any atom is 0.0541 e.